The Morgan fingerprint density at radius 1 is 1.23 bits per heavy atom. The van der Waals surface area contributed by atoms with Crippen molar-refractivity contribution in [3.63, 3.8) is 0 Å². The van der Waals surface area contributed by atoms with E-state index in [1.807, 2.05) is 19.1 Å². The third-order valence-electron chi connectivity index (χ3n) is 2.26. The summed E-state index contributed by atoms with van der Waals surface area (Å²) in [6.07, 6.45) is 3.18. The molecule has 0 aromatic heterocycles. The summed E-state index contributed by atoms with van der Waals surface area (Å²) in [7, 11) is 0. The van der Waals surface area contributed by atoms with Gasteiger partial charge < -0.3 is 4.42 Å². The maximum Gasteiger partial charge on any atom is 0.163 e. The van der Waals surface area contributed by atoms with Crippen molar-refractivity contribution in [3.05, 3.63) is 35.8 Å². The van der Waals surface area contributed by atoms with Crippen LogP contribution in [0.25, 0.3) is 11.1 Å². The second-order valence-corrected chi connectivity index (χ2v) is 3.19. The predicted octanol–water partition coefficient (Wildman–Crippen LogP) is 2.90. The fourth-order valence-corrected chi connectivity index (χ4v) is 1.50. The first kappa shape index (κ1) is 8.05. The lowest BCUT2D eigenvalue weighted by Gasteiger charge is -2.03. The number of hydrogen-bond donors (Lipinski definition) is 0. The van der Waals surface area contributed by atoms with Crippen molar-refractivity contribution >= 4 is 5.78 Å². The molecule has 0 fully saturated rings. The van der Waals surface area contributed by atoms with Crippen LogP contribution in [0.4, 0.5) is 0 Å². The quantitative estimate of drug-likeness (QED) is 0.622. The number of carbonyl (C=O) groups excluding carboxylic acids is 1. The maximum absolute atomic E-state index is 11.2. The van der Waals surface area contributed by atoms with E-state index in [9.17, 15) is 4.79 Å². The number of Topliss-reactive ketones (excluding diaryl/α,β-unsaturated/α-hetero) is 1. The van der Waals surface area contributed by atoms with Gasteiger partial charge in [0.05, 0.1) is 11.8 Å². The third kappa shape index (κ3) is 1.15. The highest BCUT2D eigenvalue weighted by atomic mass is 16.3. The third-order valence-corrected chi connectivity index (χ3v) is 2.26. The Labute approximate surface area is 76.5 Å². The lowest BCUT2D eigenvalue weighted by Crippen LogP contribution is -1.94. The van der Waals surface area contributed by atoms with Crippen molar-refractivity contribution in [2.75, 3.05) is 0 Å². The van der Waals surface area contributed by atoms with Crippen LogP contribution in [0.5, 0.6) is 0 Å². The van der Waals surface area contributed by atoms with E-state index in [-0.39, 0.29) is 5.78 Å². The molecule has 0 unspecified atom stereocenters. The van der Waals surface area contributed by atoms with Gasteiger partial charge in [-0.15, -0.1) is 0 Å². The smallest absolute Gasteiger partial charge is 0.163 e. The summed E-state index contributed by atoms with van der Waals surface area (Å²) in [5.41, 5.74) is 3.80. The molecule has 0 saturated heterocycles. The van der Waals surface area contributed by atoms with Crippen molar-refractivity contribution in [1.29, 1.82) is 0 Å². The Morgan fingerprint density at radius 3 is 2.69 bits per heavy atom. The molecule has 2 heteroatoms. The second kappa shape index (κ2) is 2.73. The van der Waals surface area contributed by atoms with Crippen molar-refractivity contribution in [2.45, 2.75) is 13.8 Å². The van der Waals surface area contributed by atoms with E-state index in [0.29, 0.717) is 5.56 Å². The molecular weight excluding hydrogens is 164 g/mol. The van der Waals surface area contributed by atoms with E-state index in [1.165, 1.54) is 6.26 Å². The highest BCUT2D eigenvalue weighted by Gasteiger charge is 2.14. The largest absolute Gasteiger partial charge is 0.471 e. The van der Waals surface area contributed by atoms with Crippen molar-refractivity contribution in [2.24, 2.45) is 0 Å². The van der Waals surface area contributed by atoms with Gasteiger partial charge in [-0.3, -0.25) is 4.79 Å². The van der Waals surface area contributed by atoms with Gasteiger partial charge in [-0.05, 0) is 25.0 Å². The summed E-state index contributed by atoms with van der Waals surface area (Å²) in [5.74, 6) is 0.0416. The molecule has 0 N–H and O–H groups in total. The van der Waals surface area contributed by atoms with Crippen LogP contribution in [0.1, 0.15) is 22.8 Å². The molecule has 0 aromatic carbocycles. The average molecular weight is 174 g/mol. The zero-order chi connectivity index (χ0) is 9.42. The Hall–Kier alpha value is -1.57. The zero-order valence-corrected chi connectivity index (χ0v) is 7.63. The van der Waals surface area contributed by atoms with Crippen molar-refractivity contribution in [3.8, 4) is 11.1 Å². The summed E-state index contributed by atoms with van der Waals surface area (Å²) in [5, 5.41) is 0. The van der Waals surface area contributed by atoms with Crippen LogP contribution >= 0.6 is 0 Å². The first-order valence-electron chi connectivity index (χ1n) is 4.16. The Kier molecular flexibility index (Phi) is 1.69. The first-order chi connectivity index (χ1) is 6.20. The minimum Gasteiger partial charge on any atom is -0.471 e. The van der Waals surface area contributed by atoms with Gasteiger partial charge in [-0.1, -0.05) is 12.1 Å². The maximum atomic E-state index is 11.2. The fraction of sp³-hybridized carbons (Fsp3) is 0.182. The molecule has 1 aliphatic heterocycles. The van der Waals surface area contributed by atoms with Gasteiger partial charge in [0.2, 0.25) is 0 Å². The molecular formula is C11H10O2. The Bertz CT molecular complexity index is 426. The summed E-state index contributed by atoms with van der Waals surface area (Å²) >= 11 is 0. The van der Waals surface area contributed by atoms with Crippen LogP contribution in [-0.2, 0) is 0 Å². The topological polar surface area (TPSA) is 30.2 Å². The molecule has 0 amide bonds. The van der Waals surface area contributed by atoms with E-state index in [2.05, 4.69) is 0 Å². The molecule has 0 spiro atoms. The molecule has 2 aliphatic rings. The summed E-state index contributed by atoms with van der Waals surface area (Å²) in [6, 6.07) is 3.95. The number of rotatable bonds is 1. The number of fused-ring (bicyclic) bond motifs is 1. The van der Waals surface area contributed by atoms with Gasteiger partial charge in [0.25, 0.3) is 0 Å². The van der Waals surface area contributed by atoms with E-state index in [1.54, 1.807) is 13.2 Å². The normalized spacial score (nSPS) is 10.6. The molecule has 0 atom stereocenters. The average Bonchev–Trinajstić information content (AvgIpc) is 2.48. The van der Waals surface area contributed by atoms with E-state index >= 15 is 0 Å². The molecule has 1 aliphatic carbocycles. The fourth-order valence-electron chi connectivity index (χ4n) is 1.50. The van der Waals surface area contributed by atoms with Gasteiger partial charge in [0.15, 0.2) is 5.78 Å². The van der Waals surface area contributed by atoms with E-state index < -0.39 is 0 Å². The van der Waals surface area contributed by atoms with Crippen LogP contribution in [-0.4, -0.2) is 5.78 Å². The molecule has 0 bridgehead atoms. The standard InChI is InChI=1S/C11H10O2/c1-7-3-4-9-10(7)5-13-6-11(9)8(2)12/h3-6H,1-2H3. The minimum absolute atomic E-state index is 0.0416. The number of aryl methyl sites for hydroxylation is 1. The summed E-state index contributed by atoms with van der Waals surface area (Å²) in [4.78, 5) is 11.2. The van der Waals surface area contributed by atoms with Crippen LogP contribution in [0, 0.1) is 6.92 Å². The Balaban J connectivity index is 2.72. The molecule has 13 heavy (non-hydrogen) atoms. The zero-order valence-electron chi connectivity index (χ0n) is 7.63. The predicted molar refractivity (Wildman–Crippen MR) is 50.1 cm³/mol. The monoisotopic (exact) mass is 174 g/mol. The lowest BCUT2D eigenvalue weighted by atomic mass is 10.0. The summed E-state index contributed by atoms with van der Waals surface area (Å²) < 4.78 is 5.10. The molecule has 2 nitrogen and oxygen atoms in total. The second-order valence-electron chi connectivity index (χ2n) is 3.19. The molecule has 2 rings (SSSR count). The Morgan fingerprint density at radius 2 is 2.00 bits per heavy atom. The van der Waals surface area contributed by atoms with Gasteiger partial charge >= 0.3 is 0 Å². The van der Waals surface area contributed by atoms with Crippen LogP contribution < -0.4 is 0 Å². The number of ketones is 1. The highest BCUT2D eigenvalue weighted by Crippen LogP contribution is 2.30. The van der Waals surface area contributed by atoms with E-state index in [0.717, 1.165) is 16.7 Å². The number of carbonyl (C=O) groups is 1. The minimum atomic E-state index is 0.0416. The van der Waals surface area contributed by atoms with Gasteiger partial charge in [0.1, 0.15) is 6.26 Å². The van der Waals surface area contributed by atoms with Crippen LogP contribution in [0.3, 0.4) is 0 Å². The SMILES string of the molecule is CC(=O)c1cocc2c(C)ccc1-2. The van der Waals surface area contributed by atoms with Crippen LogP contribution in [0.15, 0.2) is 29.1 Å². The molecule has 0 radical (unpaired) electrons. The van der Waals surface area contributed by atoms with Gasteiger partial charge in [-0.25, -0.2) is 0 Å². The highest BCUT2D eigenvalue weighted by molar-refractivity contribution is 6.01. The lowest BCUT2D eigenvalue weighted by molar-refractivity contribution is 0.101. The summed E-state index contributed by atoms with van der Waals surface area (Å²) in [6.45, 7) is 3.55. The molecule has 66 valence electrons. The first-order valence-corrected chi connectivity index (χ1v) is 4.16. The van der Waals surface area contributed by atoms with E-state index in [4.69, 9.17) is 4.42 Å². The molecule has 0 saturated carbocycles. The van der Waals surface area contributed by atoms with Crippen molar-refractivity contribution < 1.29 is 9.21 Å². The van der Waals surface area contributed by atoms with Gasteiger partial charge in [-0.2, -0.15) is 0 Å². The van der Waals surface area contributed by atoms with Crippen LogP contribution in [0.2, 0.25) is 0 Å². The molecule has 0 aromatic rings. The molecule has 1 heterocycles. The van der Waals surface area contributed by atoms with Gasteiger partial charge in [0, 0.05) is 5.56 Å². The number of hydrogen-bond acceptors (Lipinski definition) is 2. The van der Waals surface area contributed by atoms with Crippen molar-refractivity contribution in [1.82, 2.24) is 0 Å².